The molecule has 1 rings (SSSR count). The van der Waals surface area contributed by atoms with Gasteiger partial charge in [-0.15, -0.1) is 0 Å². The van der Waals surface area contributed by atoms with Crippen molar-refractivity contribution in [2.75, 3.05) is 0 Å². The number of hydrogen-bond donors (Lipinski definition) is 1. The lowest BCUT2D eigenvalue weighted by Gasteiger charge is -2.07. The molecule has 4 nitrogen and oxygen atoms in total. The van der Waals surface area contributed by atoms with Gasteiger partial charge in [-0.1, -0.05) is 28.6 Å². The Morgan fingerprint density at radius 2 is 2.21 bits per heavy atom. The highest BCUT2D eigenvalue weighted by Crippen LogP contribution is 2.06. The maximum atomic E-state index is 11.3. The third-order valence-electron chi connectivity index (χ3n) is 1.60. The number of aromatic carboxylic acids is 1. The van der Waals surface area contributed by atoms with Crippen LogP contribution in [0.25, 0.3) is 0 Å². The van der Waals surface area contributed by atoms with Gasteiger partial charge in [-0.05, 0) is 6.07 Å². The van der Waals surface area contributed by atoms with Gasteiger partial charge in [0.05, 0.1) is 6.54 Å². The highest BCUT2D eigenvalue weighted by molar-refractivity contribution is 9.11. The molecule has 1 N–H and O–H groups in total. The van der Waals surface area contributed by atoms with Crippen LogP contribution in [0.4, 0.5) is 0 Å². The minimum Gasteiger partial charge on any atom is -0.477 e. The summed E-state index contributed by atoms with van der Waals surface area (Å²) in [6, 6.07) is 4.10. The van der Waals surface area contributed by atoms with Crippen LogP contribution < -0.4 is 5.56 Å². The number of carbonyl (C=O) groups is 1. The lowest BCUT2D eigenvalue weighted by Crippen LogP contribution is -2.24. The van der Waals surface area contributed by atoms with Crippen molar-refractivity contribution in [1.82, 2.24) is 4.57 Å². The van der Waals surface area contributed by atoms with Gasteiger partial charge in [-0.25, -0.2) is 4.79 Å². The van der Waals surface area contributed by atoms with Crippen LogP contribution in [0.1, 0.15) is 10.5 Å². The number of hydrogen-bond acceptors (Lipinski definition) is 2. The quantitative estimate of drug-likeness (QED) is 0.892. The minimum absolute atomic E-state index is 0.0434. The van der Waals surface area contributed by atoms with Crippen molar-refractivity contribution in [3.63, 3.8) is 0 Å². The van der Waals surface area contributed by atoms with Crippen molar-refractivity contribution in [2.24, 2.45) is 0 Å². The first-order valence-electron chi connectivity index (χ1n) is 3.79. The van der Waals surface area contributed by atoms with E-state index in [0.29, 0.717) is 4.48 Å². The van der Waals surface area contributed by atoms with Gasteiger partial charge in [-0.2, -0.15) is 0 Å². The topological polar surface area (TPSA) is 59.3 Å². The highest BCUT2D eigenvalue weighted by Gasteiger charge is 2.09. The predicted octanol–water partition coefficient (Wildman–Crippen LogP) is 1.46. The highest BCUT2D eigenvalue weighted by atomic mass is 79.9. The lowest BCUT2D eigenvalue weighted by atomic mass is 10.3. The van der Waals surface area contributed by atoms with E-state index in [1.807, 2.05) is 0 Å². The average Bonchev–Trinajstić information content (AvgIpc) is 2.07. The van der Waals surface area contributed by atoms with Gasteiger partial charge >= 0.3 is 5.97 Å². The maximum absolute atomic E-state index is 11.3. The molecule has 0 spiro atoms. The molecule has 0 saturated heterocycles. The van der Waals surface area contributed by atoms with Crippen LogP contribution in [0.3, 0.4) is 0 Å². The smallest absolute Gasteiger partial charge is 0.352 e. The Kier molecular flexibility index (Phi) is 3.24. The van der Waals surface area contributed by atoms with Crippen LogP contribution in [-0.4, -0.2) is 15.6 Å². The van der Waals surface area contributed by atoms with Gasteiger partial charge < -0.3 is 5.11 Å². The monoisotopic (exact) mass is 257 g/mol. The number of halogens is 1. The Hall–Kier alpha value is -1.36. The van der Waals surface area contributed by atoms with Gasteiger partial charge in [-0.3, -0.25) is 9.36 Å². The number of aromatic nitrogens is 1. The minimum atomic E-state index is -1.13. The van der Waals surface area contributed by atoms with Crippen molar-refractivity contribution < 1.29 is 9.90 Å². The van der Waals surface area contributed by atoms with Crippen molar-refractivity contribution in [1.29, 1.82) is 0 Å². The van der Waals surface area contributed by atoms with E-state index in [4.69, 9.17) is 5.11 Å². The van der Waals surface area contributed by atoms with Gasteiger partial charge in [0, 0.05) is 10.5 Å². The fourth-order valence-corrected chi connectivity index (χ4v) is 1.29. The Labute approximate surface area is 88.6 Å². The van der Waals surface area contributed by atoms with E-state index in [0.717, 1.165) is 4.57 Å². The number of allylic oxidation sites excluding steroid dienone is 1. The molecule has 0 saturated carbocycles. The molecule has 0 atom stereocenters. The zero-order valence-corrected chi connectivity index (χ0v) is 8.82. The van der Waals surface area contributed by atoms with E-state index in [-0.39, 0.29) is 17.8 Å². The van der Waals surface area contributed by atoms with Crippen LogP contribution in [-0.2, 0) is 6.54 Å². The second-order valence-corrected chi connectivity index (χ2v) is 3.78. The maximum Gasteiger partial charge on any atom is 0.352 e. The number of carboxylic acid groups (broad SMARTS) is 1. The fourth-order valence-electron chi connectivity index (χ4n) is 1.04. The van der Waals surface area contributed by atoms with Crippen LogP contribution in [0.5, 0.6) is 0 Å². The molecular formula is C9H8BrNO3. The molecule has 0 radical (unpaired) electrons. The molecule has 0 fully saturated rings. The van der Waals surface area contributed by atoms with E-state index in [9.17, 15) is 9.59 Å². The molecule has 0 aromatic carbocycles. The molecule has 0 aliphatic carbocycles. The fraction of sp³-hybridized carbons (Fsp3) is 0.111. The summed E-state index contributed by atoms with van der Waals surface area (Å²) in [5.74, 6) is -1.13. The molecule has 1 heterocycles. The predicted molar refractivity (Wildman–Crippen MR) is 55.7 cm³/mol. The standard InChI is InChI=1S/C9H8BrNO3/c1-6(10)5-11-7(9(13)14)3-2-4-8(11)12/h2-4H,1,5H2,(H,13,14). The SMILES string of the molecule is C=C(Br)Cn1c(C(=O)O)cccc1=O. The number of rotatable bonds is 3. The number of pyridine rings is 1. The zero-order chi connectivity index (χ0) is 10.7. The molecule has 1 aromatic heterocycles. The van der Waals surface area contributed by atoms with Crippen molar-refractivity contribution >= 4 is 21.9 Å². The first-order chi connectivity index (χ1) is 6.52. The molecule has 5 heteroatoms. The first kappa shape index (κ1) is 10.7. The number of carboxylic acids is 1. The average molecular weight is 258 g/mol. The summed E-state index contributed by atoms with van der Waals surface area (Å²) >= 11 is 3.08. The third-order valence-corrected chi connectivity index (χ3v) is 1.85. The molecule has 0 unspecified atom stereocenters. The summed E-state index contributed by atoms with van der Waals surface area (Å²) in [7, 11) is 0. The van der Waals surface area contributed by atoms with Gasteiger partial charge in [0.15, 0.2) is 0 Å². The van der Waals surface area contributed by atoms with E-state index in [2.05, 4.69) is 22.5 Å². The molecule has 0 bridgehead atoms. The van der Waals surface area contributed by atoms with Crippen LogP contribution in [0.2, 0.25) is 0 Å². The van der Waals surface area contributed by atoms with Crippen molar-refractivity contribution in [2.45, 2.75) is 6.54 Å². The molecule has 0 amide bonds. The molecule has 74 valence electrons. The van der Waals surface area contributed by atoms with Crippen LogP contribution in [0, 0.1) is 0 Å². The Balaban J connectivity index is 3.29. The second-order valence-electron chi connectivity index (χ2n) is 2.66. The summed E-state index contributed by atoms with van der Waals surface area (Å²) in [4.78, 5) is 22.1. The second kappa shape index (κ2) is 4.23. The van der Waals surface area contributed by atoms with Crippen molar-refractivity contribution in [3.8, 4) is 0 Å². The molecule has 0 aliphatic rings. The Bertz CT molecular complexity index is 436. The summed E-state index contributed by atoms with van der Waals surface area (Å²) in [5, 5.41) is 8.80. The van der Waals surface area contributed by atoms with Crippen molar-refractivity contribution in [3.05, 3.63) is 45.3 Å². The molecule has 0 aliphatic heterocycles. The van der Waals surface area contributed by atoms with E-state index < -0.39 is 5.97 Å². The largest absolute Gasteiger partial charge is 0.477 e. The van der Waals surface area contributed by atoms with Gasteiger partial charge in [0.2, 0.25) is 0 Å². The third kappa shape index (κ3) is 2.32. The summed E-state index contributed by atoms with van der Waals surface area (Å²) in [5.41, 5.74) is -0.399. The first-order valence-corrected chi connectivity index (χ1v) is 4.58. The Morgan fingerprint density at radius 1 is 1.57 bits per heavy atom. The Morgan fingerprint density at radius 3 is 2.71 bits per heavy atom. The summed E-state index contributed by atoms with van der Waals surface area (Å²) in [6.45, 7) is 3.71. The van der Waals surface area contributed by atoms with Crippen LogP contribution in [0.15, 0.2) is 34.1 Å². The van der Waals surface area contributed by atoms with Crippen LogP contribution >= 0.6 is 15.9 Å². The zero-order valence-electron chi connectivity index (χ0n) is 7.24. The lowest BCUT2D eigenvalue weighted by molar-refractivity contribution is 0.0684. The summed E-state index contributed by atoms with van der Waals surface area (Å²) in [6.07, 6.45) is 0. The molecule has 1 aromatic rings. The van der Waals surface area contributed by atoms with E-state index in [1.165, 1.54) is 18.2 Å². The number of nitrogens with zero attached hydrogens (tertiary/aromatic N) is 1. The summed E-state index contributed by atoms with van der Waals surface area (Å²) < 4.78 is 1.69. The van der Waals surface area contributed by atoms with E-state index >= 15 is 0 Å². The molecule has 14 heavy (non-hydrogen) atoms. The van der Waals surface area contributed by atoms with Gasteiger partial charge in [0.25, 0.3) is 5.56 Å². The normalized spacial score (nSPS) is 9.79. The van der Waals surface area contributed by atoms with E-state index in [1.54, 1.807) is 0 Å². The molecular weight excluding hydrogens is 250 g/mol. The van der Waals surface area contributed by atoms with Gasteiger partial charge in [0.1, 0.15) is 5.69 Å².